The Hall–Kier alpha value is -1.13. The zero-order chi connectivity index (χ0) is 15.5. The predicted molar refractivity (Wildman–Crippen MR) is 95.4 cm³/mol. The number of rotatable bonds is 4. The third-order valence-corrected chi connectivity index (χ3v) is 5.84. The van der Waals surface area contributed by atoms with E-state index in [2.05, 4.69) is 46.4 Å². The Morgan fingerprint density at radius 2 is 2.00 bits per heavy atom. The molecule has 0 saturated carbocycles. The number of aryl methyl sites for hydroxylation is 2. The molecule has 1 amide bonds. The smallest absolute Gasteiger partial charge is 0.225 e. The maximum absolute atomic E-state index is 12.2. The summed E-state index contributed by atoms with van der Waals surface area (Å²) in [5.74, 6) is 0.0829. The lowest BCUT2D eigenvalue weighted by atomic mass is 9.89. The number of benzene rings is 1. The van der Waals surface area contributed by atoms with Gasteiger partial charge in [-0.2, -0.15) is 0 Å². The molecule has 1 heterocycles. The van der Waals surface area contributed by atoms with E-state index in [4.69, 9.17) is 0 Å². The van der Waals surface area contributed by atoms with Crippen molar-refractivity contribution in [2.45, 2.75) is 45.1 Å². The molecule has 0 spiro atoms. The van der Waals surface area contributed by atoms with Crippen molar-refractivity contribution in [3.63, 3.8) is 0 Å². The number of thiophene rings is 1. The summed E-state index contributed by atoms with van der Waals surface area (Å²) in [6, 6.07) is 10.7. The Bertz CT molecular complexity index is 679. The fourth-order valence-corrected chi connectivity index (χ4v) is 4.49. The first-order valence-electron chi connectivity index (χ1n) is 7.77. The van der Waals surface area contributed by atoms with Gasteiger partial charge in [-0.3, -0.25) is 4.79 Å². The van der Waals surface area contributed by atoms with Crippen LogP contribution in [0.1, 0.15) is 47.4 Å². The number of amides is 1. The molecule has 4 heteroatoms. The Morgan fingerprint density at radius 3 is 2.73 bits per heavy atom. The van der Waals surface area contributed by atoms with Gasteiger partial charge in [0.2, 0.25) is 5.91 Å². The Kier molecular flexibility index (Phi) is 4.99. The highest BCUT2D eigenvalue weighted by atomic mass is 79.9. The summed E-state index contributed by atoms with van der Waals surface area (Å²) in [6.07, 6.45) is 5.40. The van der Waals surface area contributed by atoms with Crippen LogP contribution in [-0.2, 0) is 24.1 Å². The molecule has 22 heavy (non-hydrogen) atoms. The van der Waals surface area contributed by atoms with Crippen LogP contribution in [0.15, 0.2) is 34.1 Å². The van der Waals surface area contributed by atoms with Gasteiger partial charge in [0.25, 0.3) is 0 Å². The van der Waals surface area contributed by atoms with Crippen molar-refractivity contribution in [1.29, 1.82) is 0 Å². The molecular weight excluding hydrogens is 358 g/mol. The number of hydrogen-bond donors (Lipinski definition) is 1. The lowest BCUT2D eigenvalue weighted by Gasteiger charge is -2.20. The molecule has 1 unspecified atom stereocenters. The number of carbonyl (C=O) groups excluding carboxylic acids is 1. The average Bonchev–Trinajstić information content (AvgIpc) is 2.91. The summed E-state index contributed by atoms with van der Waals surface area (Å²) in [6.45, 7) is 2.06. The van der Waals surface area contributed by atoms with Gasteiger partial charge in [0, 0.05) is 4.88 Å². The Morgan fingerprint density at radius 1 is 1.23 bits per heavy atom. The lowest BCUT2D eigenvalue weighted by molar-refractivity contribution is -0.121. The number of halogens is 1. The highest BCUT2D eigenvalue weighted by molar-refractivity contribution is 9.11. The van der Waals surface area contributed by atoms with Crippen LogP contribution in [0.3, 0.4) is 0 Å². The van der Waals surface area contributed by atoms with E-state index in [9.17, 15) is 4.79 Å². The first kappa shape index (κ1) is 15.8. The summed E-state index contributed by atoms with van der Waals surface area (Å²) in [4.78, 5) is 13.3. The SMILES string of the molecule is CC(NC(=O)Cc1ccc(Br)s1)c1ccc2c(c1)CCCC2. The van der Waals surface area contributed by atoms with Gasteiger partial charge in [0.1, 0.15) is 0 Å². The third-order valence-electron chi connectivity index (χ3n) is 4.21. The molecule has 2 nitrogen and oxygen atoms in total. The fourth-order valence-electron chi connectivity index (χ4n) is 3.00. The first-order chi connectivity index (χ1) is 10.6. The molecule has 3 rings (SSSR count). The topological polar surface area (TPSA) is 29.1 Å². The summed E-state index contributed by atoms with van der Waals surface area (Å²) in [7, 11) is 0. The first-order valence-corrected chi connectivity index (χ1v) is 9.38. The van der Waals surface area contributed by atoms with Gasteiger partial charge in [0.15, 0.2) is 0 Å². The van der Waals surface area contributed by atoms with Crippen molar-refractivity contribution in [3.05, 3.63) is 55.7 Å². The summed E-state index contributed by atoms with van der Waals surface area (Å²) in [5.41, 5.74) is 4.16. The van der Waals surface area contributed by atoms with Crippen molar-refractivity contribution in [1.82, 2.24) is 5.32 Å². The molecular formula is C18H20BrNOS. The van der Waals surface area contributed by atoms with Crippen LogP contribution in [0.25, 0.3) is 0 Å². The van der Waals surface area contributed by atoms with Crippen LogP contribution in [0.4, 0.5) is 0 Å². The van der Waals surface area contributed by atoms with Crippen molar-refractivity contribution < 1.29 is 4.79 Å². The zero-order valence-electron chi connectivity index (χ0n) is 12.7. The van der Waals surface area contributed by atoms with Crippen molar-refractivity contribution >= 4 is 33.2 Å². The summed E-state index contributed by atoms with van der Waals surface area (Å²) >= 11 is 5.04. The maximum Gasteiger partial charge on any atom is 0.225 e. The number of hydrogen-bond acceptors (Lipinski definition) is 2. The Labute approximate surface area is 144 Å². The van der Waals surface area contributed by atoms with E-state index in [1.807, 2.05) is 12.1 Å². The van der Waals surface area contributed by atoms with Crippen LogP contribution < -0.4 is 5.32 Å². The van der Waals surface area contributed by atoms with Gasteiger partial charge < -0.3 is 5.32 Å². The van der Waals surface area contributed by atoms with Crippen LogP contribution in [0, 0.1) is 0 Å². The van der Waals surface area contributed by atoms with Gasteiger partial charge in [0.05, 0.1) is 16.2 Å². The zero-order valence-corrected chi connectivity index (χ0v) is 15.1. The lowest BCUT2D eigenvalue weighted by Crippen LogP contribution is -2.28. The second-order valence-electron chi connectivity index (χ2n) is 5.91. The molecule has 1 aromatic heterocycles. The number of fused-ring (bicyclic) bond motifs is 1. The Balaban J connectivity index is 1.63. The minimum atomic E-state index is 0.0585. The summed E-state index contributed by atoms with van der Waals surface area (Å²) in [5, 5.41) is 3.11. The van der Waals surface area contributed by atoms with E-state index in [0.717, 1.165) is 8.66 Å². The minimum Gasteiger partial charge on any atom is -0.349 e. The average molecular weight is 378 g/mol. The van der Waals surface area contributed by atoms with Crippen LogP contribution in [-0.4, -0.2) is 5.91 Å². The molecule has 1 aliphatic carbocycles. The van der Waals surface area contributed by atoms with Crippen LogP contribution >= 0.6 is 27.3 Å². The second kappa shape index (κ2) is 6.97. The van der Waals surface area contributed by atoms with Crippen LogP contribution in [0.2, 0.25) is 0 Å². The van der Waals surface area contributed by atoms with E-state index >= 15 is 0 Å². The minimum absolute atomic E-state index is 0.0585. The van der Waals surface area contributed by atoms with Gasteiger partial charge in [-0.05, 0) is 77.4 Å². The van der Waals surface area contributed by atoms with Gasteiger partial charge in [-0.1, -0.05) is 18.2 Å². The predicted octanol–water partition coefficient (Wildman–Crippen LogP) is 4.81. The van der Waals surface area contributed by atoms with E-state index in [-0.39, 0.29) is 11.9 Å². The highest BCUT2D eigenvalue weighted by Gasteiger charge is 2.14. The normalized spacial score (nSPS) is 15.2. The van der Waals surface area contributed by atoms with Crippen molar-refractivity contribution in [2.24, 2.45) is 0 Å². The molecule has 0 radical (unpaired) electrons. The molecule has 1 aromatic carbocycles. The highest BCUT2D eigenvalue weighted by Crippen LogP contribution is 2.25. The van der Waals surface area contributed by atoms with Crippen molar-refractivity contribution in [3.8, 4) is 0 Å². The largest absolute Gasteiger partial charge is 0.349 e. The fraction of sp³-hybridized carbons (Fsp3) is 0.389. The summed E-state index contributed by atoms with van der Waals surface area (Å²) < 4.78 is 1.07. The van der Waals surface area contributed by atoms with Crippen molar-refractivity contribution in [2.75, 3.05) is 0 Å². The maximum atomic E-state index is 12.2. The van der Waals surface area contributed by atoms with Crippen LogP contribution in [0.5, 0.6) is 0 Å². The van der Waals surface area contributed by atoms with E-state index in [0.29, 0.717) is 6.42 Å². The molecule has 0 bridgehead atoms. The molecule has 2 aromatic rings. The monoisotopic (exact) mass is 377 g/mol. The van der Waals surface area contributed by atoms with E-state index in [1.54, 1.807) is 11.3 Å². The van der Waals surface area contributed by atoms with Gasteiger partial charge >= 0.3 is 0 Å². The molecule has 1 aliphatic rings. The number of nitrogens with one attached hydrogen (secondary N) is 1. The molecule has 0 saturated heterocycles. The van der Waals surface area contributed by atoms with Gasteiger partial charge in [-0.25, -0.2) is 0 Å². The second-order valence-corrected chi connectivity index (χ2v) is 8.45. The molecule has 0 aliphatic heterocycles. The quantitative estimate of drug-likeness (QED) is 0.813. The van der Waals surface area contributed by atoms with E-state index in [1.165, 1.54) is 42.4 Å². The standard InChI is InChI=1S/C18H20BrNOS/c1-12(20-18(21)11-16-8-9-17(19)22-16)14-7-6-13-4-2-3-5-15(13)10-14/h6-10,12H,2-5,11H2,1H3,(H,20,21). The number of carbonyl (C=O) groups is 1. The van der Waals surface area contributed by atoms with Gasteiger partial charge in [-0.15, -0.1) is 11.3 Å². The van der Waals surface area contributed by atoms with E-state index < -0.39 is 0 Å². The third kappa shape index (κ3) is 3.79. The molecule has 1 N–H and O–H groups in total. The molecule has 116 valence electrons. The molecule has 1 atom stereocenters. The molecule has 0 fully saturated rings.